The van der Waals surface area contributed by atoms with Gasteiger partial charge in [-0.25, -0.2) is 4.39 Å². The topological polar surface area (TPSA) is 84.3 Å². The van der Waals surface area contributed by atoms with Crippen LogP contribution >= 0.6 is 0 Å². The minimum atomic E-state index is -0.533. The number of aliphatic hydroxyl groups is 1. The Balaban J connectivity index is 1.49. The van der Waals surface area contributed by atoms with E-state index in [-0.39, 0.29) is 11.9 Å². The van der Waals surface area contributed by atoms with Gasteiger partial charge in [0.05, 0.1) is 30.5 Å². The zero-order valence-corrected chi connectivity index (χ0v) is 17.7. The molecule has 2 aromatic rings. The molecular formula is C24H28FN3O3. The zero-order chi connectivity index (χ0) is 21.8. The van der Waals surface area contributed by atoms with Crippen molar-refractivity contribution >= 4 is 17.8 Å². The number of pyridine rings is 2. The van der Waals surface area contributed by atoms with Gasteiger partial charge in [0, 0.05) is 23.7 Å². The van der Waals surface area contributed by atoms with Crippen LogP contribution in [0.2, 0.25) is 0 Å². The summed E-state index contributed by atoms with van der Waals surface area (Å²) in [6.45, 7) is 2.39. The minimum Gasteiger partial charge on any atom is -0.492 e. The van der Waals surface area contributed by atoms with E-state index < -0.39 is 11.9 Å². The minimum absolute atomic E-state index is 0.261. The Kier molecular flexibility index (Phi) is 6.61. The molecular weight excluding hydrogens is 397 g/mol. The van der Waals surface area contributed by atoms with E-state index in [1.165, 1.54) is 31.3 Å². The lowest BCUT2D eigenvalue weighted by Crippen LogP contribution is -2.45. The van der Waals surface area contributed by atoms with Gasteiger partial charge in [0.15, 0.2) is 0 Å². The number of aryl methyl sites for hydroxylation is 1. The molecule has 0 radical (unpaired) electrons. The van der Waals surface area contributed by atoms with Crippen LogP contribution in [0.4, 0.5) is 4.39 Å². The number of nitrogens with zero attached hydrogens (tertiary/aromatic N) is 2. The van der Waals surface area contributed by atoms with E-state index in [0.717, 1.165) is 19.3 Å². The molecule has 1 amide bonds. The highest BCUT2D eigenvalue weighted by Gasteiger charge is 2.25. The number of ether oxygens (including phenoxy) is 1. The molecule has 2 aliphatic carbocycles. The Labute approximate surface area is 181 Å². The smallest absolute Gasteiger partial charge is 0.253 e. The maximum atomic E-state index is 15.0. The predicted octanol–water partition coefficient (Wildman–Crippen LogP) is 4.07. The third-order valence-electron chi connectivity index (χ3n) is 5.89. The molecule has 6 nitrogen and oxygen atoms in total. The van der Waals surface area contributed by atoms with Crippen LogP contribution in [-0.2, 0) is 0 Å². The van der Waals surface area contributed by atoms with Crippen molar-refractivity contribution in [2.24, 2.45) is 5.92 Å². The van der Waals surface area contributed by atoms with E-state index in [1.54, 1.807) is 25.3 Å². The Morgan fingerprint density at radius 1 is 1.19 bits per heavy atom. The molecule has 4 rings (SSSR count). The van der Waals surface area contributed by atoms with Crippen LogP contribution in [0.3, 0.4) is 0 Å². The summed E-state index contributed by atoms with van der Waals surface area (Å²) in [7, 11) is 0. The number of carbonyl (C=O) groups is 1. The normalized spacial score (nSPS) is 21.6. The largest absolute Gasteiger partial charge is 0.492 e. The fourth-order valence-corrected chi connectivity index (χ4v) is 3.70. The van der Waals surface area contributed by atoms with Gasteiger partial charge in [0.1, 0.15) is 11.6 Å². The molecule has 2 atom stereocenters. The van der Waals surface area contributed by atoms with E-state index >= 15 is 0 Å². The summed E-state index contributed by atoms with van der Waals surface area (Å²) in [5.41, 5.74) is 1.77. The molecule has 2 N–H and O–H groups in total. The lowest BCUT2D eigenvalue weighted by atomic mass is 9.92. The van der Waals surface area contributed by atoms with Crippen molar-refractivity contribution in [1.82, 2.24) is 15.3 Å². The molecule has 0 spiro atoms. The van der Waals surface area contributed by atoms with Crippen LogP contribution in [0, 0.1) is 12.8 Å². The molecule has 2 aliphatic rings. The summed E-state index contributed by atoms with van der Waals surface area (Å²) in [6.07, 6.45) is 11.1. The van der Waals surface area contributed by atoms with E-state index in [1.807, 2.05) is 0 Å². The number of hydrogen-bond donors (Lipinski definition) is 2. The van der Waals surface area contributed by atoms with Crippen molar-refractivity contribution in [1.29, 1.82) is 0 Å². The molecule has 7 heteroatoms. The molecule has 2 fully saturated rings. The first-order valence-electron chi connectivity index (χ1n) is 10.9. The highest BCUT2D eigenvalue weighted by atomic mass is 19.1. The Bertz CT molecular complexity index is 974. The van der Waals surface area contributed by atoms with E-state index in [2.05, 4.69) is 15.3 Å². The Morgan fingerprint density at radius 2 is 2.00 bits per heavy atom. The summed E-state index contributed by atoms with van der Waals surface area (Å²) in [5, 5.41) is 13.0. The summed E-state index contributed by atoms with van der Waals surface area (Å²) in [6, 6.07) is 2.99. The standard InChI is InChI=1S/C24H28FN3O3/c1-15-17(8-19(12-27-15)24(30)28-22-4-2-3-5-23(22)29)10-21(25)18-9-20(13-26-11-18)31-14-16-6-7-16/h8-13,16,22-23,29H,2-7,14H2,1H3,(H,28,30)/b21-10-/t22-,23-/m0/s1. The highest BCUT2D eigenvalue weighted by molar-refractivity contribution is 5.95. The Morgan fingerprint density at radius 3 is 2.77 bits per heavy atom. The summed E-state index contributed by atoms with van der Waals surface area (Å²) < 4.78 is 20.6. The van der Waals surface area contributed by atoms with Crippen molar-refractivity contribution in [3.05, 3.63) is 53.1 Å². The molecule has 0 unspecified atom stereocenters. The van der Waals surface area contributed by atoms with Crippen LogP contribution in [0.5, 0.6) is 5.75 Å². The summed E-state index contributed by atoms with van der Waals surface area (Å²) >= 11 is 0. The van der Waals surface area contributed by atoms with Gasteiger partial charge in [-0.2, -0.15) is 0 Å². The second kappa shape index (κ2) is 9.56. The summed E-state index contributed by atoms with van der Waals surface area (Å²) in [4.78, 5) is 21.0. The Hall–Kier alpha value is -2.80. The quantitative estimate of drug-likeness (QED) is 0.699. The number of aromatic nitrogens is 2. The van der Waals surface area contributed by atoms with Gasteiger partial charge in [0.2, 0.25) is 0 Å². The van der Waals surface area contributed by atoms with Crippen molar-refractivity contribution < 1.29 is 19.0 Å². The van der Waals surface area contributed by atoms with Crippen molar-refractivity contribution in [2.75, 3.05) is 6.61 Å². The number of nitrogens with one attached hydrogen (secondary N) is 1. The average Bonchev–Trinajstić information content (AvgIpc) is 3.60. The monoisotopic (exact) mass is 425 g/mol. The van der Waals surface area contributed by atoms with Gasteiger partial charge in [-0.15, -0.1) is 0 Å². The molecule has 0 aromatic carbocycles. The number of halogens is 1. The average molecular weight is 426 g/mol. The zero-order valence-electron chi connectivity index (χ0n) is 17.7. The highest BCUT2D eigenvalue weighted by Crippen LogP contribution is 2.30. The van der Waals surface area contributed by atoms with E-state index in [0.29, 0.717) is 47.1 Å². The molecule has 2 saturated carbocycles. The van der Waals surface area contributed by atoms with Crippen LogP contribution < -0.4 is 10.1 Å². The number of amides is 1. The molecule has 0 bridgehead atoms. The molecule has 2 heterocycles. The van der Waals surface area contributed by atoms with Gasteiger partial charge in [-0.1, -0.05) is 12.8 Å². The number of aliphatic hydroxyl groups excluding tert-OH is 1. The summed E-state index contributed by atoms with van der Waals surface area (Å²) in [5.74, 6) is 0.350. The van der Waals surface area contributed by atoms with Gasteiger partial charge in [-0.3, -0.25) is 14.8 Å². The van der Waals surface area contributed by atoms with Crippen molar-refractivity contribution in [2.45, 2.75) is 57.6 Å². The van der Waals surface area contributed by atoms with Crippen LogP contribution in [0.25, 0.3) is 11.9 Å². The van der Waals surface area contributed by atoms with Crippen molar-refractivity contribution in [3.8, 4) is 5.75 Å². The molecule has 2 aromatic heterocycles. The number of rotatable bonds is 7. The molecule has 31 heavy (non-hydrogen) atoms. The van der Waals surface area contributed by atoms with Gasteiger partial charge in [-0.05, 0) is 62.3 Å². The fraction of sp³-hybridized carbons (Fsp3) is 0.458. The molecule has 164 valence electrons. The maximum Gasteiger partial charge on any atom is 0.253 e. The third kappa shape index (κ3) is 5.67. The second-order valence-electron chi connectivity index (χ2n) is 8.49. The number of hydrogen-bond acceptors (Lipinski definition) is 5. The fourth-order valence-electron chi connectivity index (χ4n) is 3.70. The van der Waals surface area contributed by atoms with Gasteiger partial charge in [0.25, 0.3) is 5.91 Å². The van der Waals surface area contributed by atoms with Crippen LogP contribution in [-0.4, -0.2) is 39.7 Å². The first kappa shape index (κ1) is 21.4. The molecule has 0 aliphatic heterocycles. The third-order valence-corrected chi connectivity index (χ3v) is 5.89. The van der Waals surface area contributed by atoms with Crippen molar-refractivity contribution in [3.63, 3.8) is 0 Å². The van der Waals surface area contributed by atoms with E-state index in [4.69, 9.17) is 4.74 Å². The van der Waals surface area contributed by atoms with Crippen LogP contribution in [0.15, 0.2) is 30.7 Å². The molecule has 0 saturated heterocycles. The van der Waals surface area contributed by atoms with Gasteiger partial charge < -0.3 is 15.2 Å². The lowest BCUT2D eigenvalue weighted by Gasteiger charge is -2.28. The van der Waals surface area contributed by atoms with Gasteiger partial charge >= 0.3 is 0 Å². The second-order valence-corrected chi connectivity index (χ2v) is 8.49. The first-order chi connectivity index (χ1) is 15.0. The maximum absolute atomic E-state index is 15.0. The van der Waals surface area contributed by atoms with Crippen LogP contribution in [0.1, 0.15) is 65.7 Å². The SMILES string of the molecule is Cc1ncc(C(=O)N[C@H]2CCCC[C@@H]2O)cc1/C=C(\F)c1cncc(OCC2CC2)c1. The van der Waals surface area contributed by atoms with E-state index in [9.17, 15) is 14.3 Å². The lowest BCUT2D eigenvalue weighted by molar-refractivity contribution is 0.0717. The first-order valence-corrected chi connectivity index (χ1v) is 10.9. The number of carbonyl (C=O) groups excluding carboxylic acids is 1. The predicted molar refractivity (Wildman–Crippen MR) is 116 cm³/mol.